The second-order valence-corrected chi connectivity index (χ2v) is 9.13. The Balaban J connectivity index is 1.39. The first-order valence-corrected chi connectivity index (χ1v) is 11.9. The van der Waals surface area contributed by atoms with Crippen LogP contribution in [0.4, 0.5) is 4.39 Å². The number of rotatable bonds is 9. The Kier molecular flexibility index (Phi) is 8.16. The van der Waals surface area contributed by atoms with E-state index >= 15 is 0 Å². The zero-order valence-electron chi connectivity index (χ0n) is 18.9. The fraction of sp³-hybridized carbons (Fsp3) is 0.296. The molecule has 3 aromatic carbocycles. The molecular weight excluding hydrogens is 453 g/mol. The van der Waals surface area contributed by atoms with E-state index in [4.69, 9.17) is 11.6 Å². The summed E-state index contributed by atoms with van der Waals surface area (Å²) in [5.41, 5.74) is 2.63. The number of phenols is 1. The van der Waals surface area contributed by atoms with E-state index in [0.29, 0.717) is 49.6 Å². The van der Waals surface area contributed by atoms with Crippen LogP contribution in [0.3, 0.4) is 0 Å². The van der Waals surface area contributed by atoms with Crippen LogP contribution in [-0.4, -0.2) is 41.1 Å². The number of likely N-dealkylation sites (tertiary alicyclic amines) is 1. The first kappa shape index (κ1) is 24.2. The van der Waals surface area contributed by atoms with Gasteiger partial charge in [-0.3, -0.25) is 9.69 Å². The SMILES string of the molecule is O=C(NCCc1ccccc1F)[C@@H]1C[C@H](NCc2cccc(O)c2)CN1Cc1cccc(Cl)c1. The van der Waals surface area contributed by atoms with Crippen molar-refractivity contribution in [1.82, 2.24) is 15.5 Å². The van der Waals surface area contributed by atoms with Gasteiger partial charge < -0.3 is 15.7 Å². The van der Waals surface area contributed by atoms with Crippen molar-refractivity contribution in [3.63, 3.8) is 0 Å². The van der Waals surface area contributed by atoms with Crippen molar-refractivity contribution >= 4 is 17.5 Å². The molecule has 1 saturated heterocycles. The maximum atomic E-state index is 13.9. The normalized spacial score (nSPS) is 18.2. The van der Waals surface area contributed by atoms with Gasteiger partial charge >= 0.3 is 0 Å². The average molecular weight is 482 g/mol. The predicted molar refractivity (Wildman–Crippen MR) is 132 cm³/mol. The van der Waals surface area contributed by atoms with Gasteiger partial charge in [-0.05, 0) is 59.9 Å². The fourth-order valence-electron chi connectivity index (χ4n) is 4.44. The van der Waals surface area contributed by atoms with E-state index in [2.05, 4.69) is 15.5 Å². The Bertz CT molecular complexity index is 1130. The van der Waals surface area contributed by atoms with Crippen LogP contribution in [0.1, 0.15) is 23.1 Å². The number of halogens is 2. The summed E-state index contributed by atoms with van der Waals surface area (Å²) in [6, 6.07) is 21.3. The van der Waals surface area contributed by atoms with Crippen molar-refractivity contribution in [2.24, 2.45) is 0 Å². The molecule has 3 N–H and O–H groups in total. The van der Waals surface area contributed by atoms with E-state index < -0.39 is 0 Å². The van der Waals surface area contributed by atoms with Gasteiger partial charge in [0.25, 0.3) is 0 Å². The number of nitrogens with zero attached hydrogens (tertiary/aromatic N) is 1. The van der Waals surface area contributed by atoms with Gasteiger partial charge in [-0.25, -0.2) is 4.39 Å². The van der Waals surface area contributed by atoms with Crippen LogP contribution >= 0.6 is 11.6 Å². The van der Waals surface area contributed by atoms with Crippen LogP contribution in [0, 0.1) is 5.82 Å². The number of carbonyl (C=O) groups excluding carboxylic acids is 1. The quantitative estimate of drug-likeness (QED) is 0.427. The molecule has 0 bridgehead atoms. The Hall–Kier alpha value is -2.93. The molecular formula is C27H29ClFN3O2. The molecule has 3 aromatic rings. The number of benzene rings is 3. The second kappa shape index (κ2) is 11.5. The minimum absolute atomic E-state index is 0.0555. The fourth-order valence-corrected chi connectivity index (χ4v) is 4.65. The molecule has 1 aliphatic rings. The summed E-state index contributed by atoms with van der Waals surface area (Å²) in [5, 5.41) is 16.9. The lowest BCUT2D eigenvalue weighted by Gasteiger charge is -2.23. The minimum Gasteiger partial charge on any atom is -0.508 e. The van der Waals surface area contributed by atoms with Crippen molar-refractivity contribution in [3.05, 3.63) is 100 Å². The molecule has 0 unspecified atom stereocenters. The average Bonchev–Trinajstić information content (AvgIpc) is 3.22. The van der Waals surface area contributed by atoms with Crippen LogP contribution in [0.2, 0.25) is 5.02 Å². The molecule has 1 fully saturated rings. The molecule has 4 rings (SSSR count). The molecule has 0 radical (unpaired) electrons. The number of amides is 1. The summed E-state index contributed by atoms with van der Waals surface area (Å²) in [5.74, 6) is -0.0724. The van der Waals surface area contributed by atoms with Gasteiger partial charge in [0.1, 0.15) is 11.6 Å². The first-order valence-electron chi connectivity index (χ1n) is 11.5. The van der Waals surface area contributed by atoms with Crippen molar-refractivity contribution in [3.8, 4) is 5.75 Å². The van der Waals surface area contributed by atoms with Gasteiger partial charge in [0.15, 0.2) is 0 Å². The summed E-state index contributed by atoms with van der Waals surface area (Å²) >= 11 is 6.17. The predicted octanol–water partition coefficient (Wildman–Crippen LogP) is 4.28. The molecule has 34 heavy (non-hydrogen) atoms. The lowest BCUT2D eigenvalue weighted by molar-refractivity contribution is -0.125. The second-order valence-electron chi connectivity index (χ2n) is 8.69. The zero-order valence-corrected chi connectivity index (χ0v) is 19.6. The molecule has 1 heterocycles. The standard InChI is InChI=1S/C27H29ClFN3O2/c28-22-8-3-6-20(13-22)17-32-18-23(31-16-19-5-4-9-24(33)14-19)15-26(32)27(34)30-12-11-21-7-1-2-10-25(21)29/h1-10,13-14,23,26,31,33H,11-12,15-18H2,(H,30,34)/t23-,26-/m0/s1. The third-order valence-corrected chi connectivity index (χ3v) is 6.37. The number of phenolic OH excluding ortho intramolecular Hbond substituents is 1. The minimum atomic E-state index is -0.304. The molecule has 5 nitrogen and oxygen atoms in total. The van der Waals surface area contributed by atoms with Gasteiger partial charge in [0.05, 0.1) is 6.04 Å². The Morgan fingerprint density at radius 2 is 1.85 bits per heavy atom. The van der Waals surface area contributed by atoms with E-state index in [1.54, 1.807) is 30.3 Å². The molecule has 1 aliphatic heterocycles. The summed E-state index contributed by atoms with van der Waals surface area (Å²) < 4.78 is 13.9. The highest BCUT2D eigenvalue weighted by Crippen LogP contribution is 2.23. The van der Waals surface area contributed by atoms with Crippen LogP contribution < -0.4 is 10.6 Å². The monoisotopic (exact) mass is 481 g/mol. The summed E-state index contributed by atoms with van der Waals surface area (Å²) in [7, 11) is 0. The number of nitrogens with one attached hydrogen (secondary N) is 2. The third kappa shape index (κ3) is 6.56. The smallest absolute Gasteiger partial charge is 0.237 e. The molecule has 0 aliphatic carbocycles. The molecule has 0 aromatic heterocycles. The number of carbonyl (C=O) groups is 1. The molecule has 178 valence electrons. The summed E-state index contributed by atoms with van der Waals surface area (Å²) in [4.78, 5) is 15.3. The van der Waals surface area contributed by atoms with Gasteiger partial charge in [0, 0.05) is 37.2 Å². The lowest BCUT2D eigenvalue weighted by atomic mass is 10.1. The van der Waals surface area contributed by atoms with E-state index in [0.717, 1.165) is 11.1 Å². The largest absolute Gasteiger partial charge is 0.508 e. The van der Waals surface area contributed by atoms with Crippen LogP contribution in [0.5, 0.6) is 5.75 Å². The van der Waals surface area contributed by atoms with Crippen molar-refractivity contribution in [2.75, 3.05) is 13.1 Å². The maximum absolute atomic E-state index is 13.9. The molecule has 0 saturated carbocycles. The van der Waals surface area contributed by atoms with E-state index in [1.807, 2.05) is 36.4 Å². The van der Waals surface area contributed by atoms with Crippen LogP contribution in [0.25, 0.3) is 0 Å². The Morgan fingerprint density at radius 1 is 1.06 bits per heavy atom. The first-order chi connectivity index (χ1) is 16.5. The Labute approximate surface area is 204 Å². The van der Waals surface area contributed by atoms with Crippen LogP contribution in [0.15, 0.2) is 72.8 Å². The van der Waals surface area contributed by atoms with Crippen LogP contribution in [-0.2, 0) is 24.3 Å². The maximum Gasteiger partial charge on any atom is 0.237 e. The van der Waals surface area contributed by atoms with Crippen molar-refractivity contribution < 1.29 is 14.3 Å². The highest BCUT2D eigenvalue weighted by molar-refractivity contribution is 6.30. The summed E-state index contributed by atoms with van der Waals surface area (Å²) in [6.07, 6.45) is 1.10. The van der Waals surface area contributed by atoms with Crippen molar-refractivity contribution in [1.29, 1.82) is 0 Å². The number of hydrogen-bond acceptors (Lipinski definition) is 4. The van der Waals surface area contributed by atoms with E-state index in [9.17, 15) is 14.3 Å². The van der Waals surface area contributed by atoms with E-state index in [1.165, 1.54) is 6.07 Å². The molecule has 0 spiro atoms. The molecule has 7 heteroatoms. The highest BCUT2D eigenvalue weighted by Gasteiger charge is 2.36. The topological polar surface area (TPSA) is 64.6 Å². The van der Waals surface area contributed by atoms with Gasteiger partial charge in [-0.2, -0.15) is 0 Å². The number of hydrogen-bond donors (Lipinski definition) is 3. The van der Waals surface area contributed by atoms with Gasteiger partial charge in [-0.15, -0.1) is 0 Å². The summed E-state index contributed by atoms with van der Waals surface area (Å²) in [6.45, 7) is 2.29. The molecule has 2 atom stereocenters. The Morgan fingerprint density at radius 3 is 2.65 bits per heavy atom. The van der Waals surface area contributed by atoms with Gasteiger partial charge in [0.2, 0.25) is 5.91 Å². The van der Waals surface area contributed by atoms with Crippen molar-refractivity contribution in [2.45, 2.75) is 38.0 Å². The highest BCUT2D eigenvalue weighted by atomic mass is 35.5. The van der Waals surface area contributed by atoms with Gasteiger partial charge in [-0.1, -0.05) is 54.1 Å². The molecule has 1 amide bonds. The number of aromatic hydroxyl groups is 1. The third-order valence-electron chi connectivity index (χ3n) is 6.14. The zero-order chi connectivity index (χ0) is 23.9. The van der Waals surface area contributed by atoms with E-state index in [-0.39, 0.29) is 29.6 Å². The lowest BCUT2D eigenvalue weighted by Crippen LogP contribution is -2.43.